The summed E-state index contributed by atoms with van der Waals surface area (Å²) in [5, 5.41) is 9.49. The van der Waals surface area contributed by atoms with Crippen LogP contribution in [0, 0.1) is 5.95 Å². The lowest BCUT2D eigenvalue weighted by molar-refractivity contribution is 0.0506. The Morgan fingerprint density at radius 3 is 2.95 bits per heavy atom. The van der Waals surface area contributed by atoms with E-state index >= 15 is 0 Å². The van der Waals surface area contributed by atoms with Crippen molar-refractivity contribution in [1.82, 2.24) is 9.55 Å². The first-order valence-electron chi connectivity index (χ1n) is 6.23. The van der Waals surface area contributed by atoms with E-state index in [1.807, 2.05) is 0 Å². The topological polar surface area (TPSA) is 64.3 Å². The van der Waals surface area contributed by atoms with E-state index in [1.165, 1.54) is 17.0 Å². The zero-order valence-corrected chi connectivity index (χ0v) is 11.2. The summed E-state index contributed by atoms with van der Waals surface area (Å²) in [6.07, 6.45) is 1.25. The van der Waals surface area contributed by atoms with Gasteiger partial charge in [0.15, 0.2) is 5.69 Å². The van der Waals surface area contributed by atoms with E-state index in [4.69, 9.17) is 4.74 Å². The van der Waals surface area contributed by atoms with Gasteiger partial charge in [-0.15, -0.1) is 0 Å². The molecule has 5 nitrogen and oxygen atoms in total. The van der Waals surface area contributed by atoms with Gasteiger partial charge in [-0.2, -0.15) is 4.39 Å². The Bertz CT molecular complexity index is 625. The Labute approximate surface area is 115 Å². The van der Waals surface area contributed by atoms with Crippen LogP contribution in [0.15, 0.2) is 30.6 Å². The molecule has 2 aromatic rings. The third-order valence-corrected chi connectivity index (χ3v) is 2.99. The third-order valence-electron chi connectivity index (χ3n) is 2.99. The quantitative estimate of drug-likeness (QED) is 0.873. The number of carbonyl (C=O) groups is 1. The lowest BCUT2D eigenvalue weighted by Gasteiger charge is -2.16. The fourth-order valence-electron chi connectivity index (χ4n) is 1.97. The zero-order chi connectivity index (χ0) is 14.7. The number of phenolic OH excluding ortho intramolecular Hbond substituents is 1. The van der Waals surface area contributed by atoms with Gasteiger partial charge in [0.25, 0.3) is 0 Å². The molecular formula is C14H15FN2O3. The first kappa shape index (κ1) is 14.0. The summed E-state index contributed by atoms with van der Waals surface area (Å²) in [4.78, 5) is 15.3. The lowest BCUT2D eigenvalue weighted by Crippen LogP contribution is -2.16. The van der Waals surface area contributed by atoms with Crippen LogP contribution >= 0.6 is 0 Å². The van der Waals surface area contributed by atoms with Crippen LogP contribution < -0.4 is 0 Å². The Morgan fingerprint density at radius 2 is 2.30 bits per heavy atom. The molecule has 0 amide bonds. The minimum absolute atomic E-state index is 0.104. The van der Waals surface area contributed by atoms with Gasteiger partial charge in [0, 0.05) is 0 Å². The molecule has 20 heavy (non-hydrogen) atoms. The number of phenols is 1. The summed E-state index contributed by atoms with van der Waals surface area (Å²) in [6.45, 7) is 3.58. The van der Waals surface area contributed by atoms with Crippen LogP contribution in [0.4, 0.5) is 4.39 Å². The van der Waals surface area contributed by atoms with Gasteiger partial charge in [-0.05, 0) is 31.5 Å². The SMILES string of the molecule is CCOC(=O)c1c(F)ncn1[C@H](C)c1cccc(O)c1. The number of nitrogens with zero attached hydrogens (tertiary/aromatic N) is 2. The first-order chi connectivity index (χ1) is 9.54. The van der Waals surface area contributed by atoms with Crippen molar-refractivity contribution in [1.29, 1.82) is 0 Å². The maximum atomic E-state index is 13.7. The molecule has 1 heterocycles. The molecule has 1 aromatic heterocycles. The maximum absolute atomic E-state index is 13.7. The lowest BCUT2D eigenvalue weighted by atomic mass is 10.1. The van der Waals surface area contributed by atoms with E-state index in [0.717, 1.165) is 5.56 Å². The number of hydrogen-bond donors (Lipinski definition) is 1. The normalized spacial score (nSPS) is 12.2. The molecule has 6 heteroatoms. The fourth-order valence-corrected chi connectivity index (χ4v) is 1.97. The molecule has 0 radical (unpaired) electrons. The second-order valence-corrected chi connectivity index (χ2v) is 4.28. The summed E-state index contributed by atoms with van der Waals surface area (Å²) in [5.74, 6) is -1.52. The van der Waals surface area contributed by atoms with E-state index in [0.29, 0.717) is 0 Å². The fraction of sp³-hybridized carbons (Fsp3) is 0.286. The number of aromatic nitrogens is 2. The number of halogens is 1. The van der Waals surface area contributed by atoms with Crippen LogP contribution in [0.5, 0.6) is 5.75 Å². The van der Waals surface area contributed by atoms with Gasteiger partial charge < -0.3 is 14.4 Å². The van der Waals surface area contributed by atoms with Gasteiger partial charge in [0.1, 0.15) is 5.75 Å². The van der Waals surface area contributed by atoms with Crippen LogP contribution in [-0.4, -0.2) is 27.2 Å². The molecule has 0 saturated carbocycles. The molecule has 1 aromatic carbocycles. The minimum atomic E-state index is -0.865. The van der Waals surface area contributed by atoms with E-state index < -0.39 is 11.9 Å². The number of carbonyl (C=O) groups excluding carboxylic acids is 1. The Hall–Kier alpha value is -2.37. The summed E-state index contributed by atoms with van der Waals surface area (Å²) in [5.41, 5.74) is 0.510. The number of imidazole rings is 1. The molecule has 0 bridgehead atoms. The van der Waals surface area contributed by atoms with Gasteiger partial charge in [-0.25, -0.2) is 9.78 Å². The molecule has 1 N–H and O–H groups in total. The highest BCUT2D eigenvalue weighted by Gasteiger charge is 2.23. The Balaban J connectivity index is 2.40. The molecule has 0 saturated heterocycles. The van der Waals surface area contributed by atoms with Gasteiger partial charge in [0.2, 0.25) is 5.95 Å². The van der Waals surface area contributed by atoms with E-state index in [2.05, 4.69) is 4.98 Å². The highest BCUT2D eigenvalue weighted by Crippen LogP contribution is 2.24. The second-order valence-electron chi connectivity index (χ2n) is 4.28. The predicted octanol–water partition coefficient (Wildman–Crippen LogP) is 2.51. The van der Waals surface area contributed by atoms with Crippen molar-refractivity contribution in [2.45, 2.75) is 19.9 Å². The smallest absolute Gasteiger partial charge is 0.359 e. The second kappa shape index (κ2) is 5.73. The molecule has 106 valence electrons. The summed E-state index contributed by atoms with van der Waals surface area (Å²) in [6, 6.07) is 6.18. The number of benzene rings is 1. The van der Waals surface area contributed by atoms with Crippen molar-refractivity contribution in [3.05, 3.63) is 47.8 Å². The third kappa shape index (κ3) is 2.64. The molecule has 0 aliphatic heterocycles. The molecule has 0 aliphatic rings. The summed E-state index contributed by atoms with van der Waals surface area (Å²) in [7, 11) is 0. The van der Waals surface area contributed by atoms with Gasteiger partial charge >= 0.3 is 5.97 Å². The summed E-state index contributed by atoms with van der Waals surface area (Å²) >= 11 is 0. The number of aromatic hydroxyl groups is 1. The van der Waals surface area contributed by atoms with E-state index in [9.17, 15) is 14.3 Å². The van der Waals surface area contributed by atoms with E-state index in [1.54, 1.807) is 32.0 Å². The predicted molar refractivity (Wildman–Crippen MR) is 70.1 cm³/mol. The van der Waals surface area contributed by atoms with Crippen molar-refractivity contribution in [2.24, 2.45) is 0 Å². The van der Waals surface area contributed by atoms with Crippen LogP contribution in [0.2, 0.25) is 0 Å². The van der Waals surface area contributed by atoms with E-state index in [-0.39, 0.29) is 24.1 Å². The molecule has 0 spiro atoms. The molecule has 0 unspecified atom stereocenters. The Morgan fingerprint density at radius 1 is 1.55 bits per heavy atom. The van der Waals surface area contributed by atoms with Gasteiger partial charge in [0.05, 0.1) is 19.0 Å². The average Bonchev–Trinajstić information content (AvgIpc) is 2.80. The number of hydrogen-bond acceptors (Lipinski definition) is 4. The number of esters is 1. The van der Waals surface area contributed by atoms with Crippen molar-refractivity contribution in [2.75, 3.05) is 6.61 Å². The van der Waals surface area contributed by atoms with Crippen LogP contribution in [-0.2, 0) is 4.74 Å². The number of ether oxygens (including phenoxy) is 1. The van der Waals surface area contributed by atoms with Crippen LogP contribution in [0.3, 0.4) is 0 Å². The zero-order valence-electron chi connectivity index (χ0n) is 11.2. The van der Waals surface area contributed by atoms with Crippen molar-refractivity contribution in [3.8, 4) is 5.75 Å². The van der Waals surface area contributed by atoms with Crippen molar-refractivity contribution >= 4 is 5.97 Å². The van der Waals surface area contributed by atoms with Crippen molar-refractivity contribution in [3.63, 3.8) is 0 Å². The average molecular weight is 278 g/mol. The largest absolute Gasteiger partial charge is 0.508 e. The van der Waals surface area contributed by atoms with Gasteiger partial charge in [-0.1, -0.05) is 12.1 Å². The summed E-state index contributed by atoms with van der Waals surface area (Å²) < 4.78 is 19.9. The first-order valence-corrected chi connectivity index (χ1v) is 6.23. The molecule has 0 aliphatic carbocycles. The molecular weight excluding hydrogens is 263 g/mol. The van der Waals surface area contributed by atoms with Crippen molar-refractivity contribution < 1.29 is 19.0 Å². The maximum Gasteiger partial charge on any atom is 0.359 e. The van der Waals surface area contributed by atoms with Crippen LogP contribution in [0.25, 0.3) is 0 Å². The molecule has 0 fully saturated rings. The molecule has 1 atom stereocenters. The monoisotopic (exact) mass is 278 g/mol. The highest BCUT2D eigenvalue weighted by molar-refractivity contribution is 5.87. The molecule has 2 rings (SSSR count). The Kier molecular flexibility index (Phi) is 4.02. The highest BCUT2D eigenvalue weighted by atomic mass is 19.1. The minimum Gasteiger partial charge on any atom is -0.508 e. The van der Waals surface area contributed by atoms with Gasteiger partial charge in [-0.3, -0.25) is 0 Å². The van der Waals surface area contributed by atoms with Crippen LogP contribution in [0.1, 0.15) is 35.9 Å². The number of rotatable bonds is 4. The standard InChI is InChI=1S/C14H15FN2O3/c1-3-20-14(19)12-13(15)16-8-17(12)9(2)10-5-4-6-11(18)7-10/h4-9,18H,3H2,1-2H3/t9-/m1/s1.